The molecule has 0 aliphatic heterocycles. The van der Waals surface area contributed by atoms with Crippen molar-refractivity contribution >= 4 is 59.0 Å². The largest absolute Gasteiger partial charge is 0.309 e. The third-order valence-electron chi connectivity index (χ3n) is 9.76. The fourth-order valence-corrected chi connectivity index (χ4v) is 8.53. The zero-order valence-corrected chi connectivity index (χ0v) is 28.9. The Bertz CT molecular complexity index is 2990. The molecule has 3 aromatic heterocycles. The second-order valence-corrected chi connectivity index (χ2v) is 13.9. The molecular weight excluding hydrogens is 675 g/mol. The lowest BCUT2D eigenvalue weighted by Crippen LogP contribution is -2.02. The molecule has 0 atom stereocenters. The van der Waals surface area contributed by atoms with Gasteiger partial charge >= 0.3 is 0 Å². The van der Waals surface area contributed by atoms with Gasteiger partial charge in [0.2, 0.25) is 0 Å². The molecule has 7 aromatic carbocycles. The molecule has 0 radical (unpaired) electrons. The second kappa shape index (κ2) is 12.3. The summed E-state index contributed by atoms with van der Waals surface area (Å²) in [4.78, 5) is 27.1. The van der Waals surface area contributed by atoms with Gasteiger partial charge in [-0.2, -0.15) is 0 Å². The number of nitro benzene ring substituents is 1. The van der Waals surface area contributed by atoms with Crippen molar-refractivity contribution in [3.05, 3.63) is 174 Å². The van der Waals surface area contributed by atoms with Gasteiger partial charge in [0.05, 0.1) is 27.2 Å². The zero-order valence-electron chi connectivity index (χ0n) is 28.0. The highest BCUT2D eigenvalue weighted by Gasteiger charge is 2.24. The van der Waals surface area contributed by atoms with Crippen LogP contribution in [0.2, 0.25) is 0 Å². The van der Waals surface area contributed by atoms with Crippen molar-refractivity contribution in [2.75, 3.05) is 0 Å². The van der Waals surface area contributed by atoms with Crippen molar-refractivity contribution in [1.82, 2.24) is 19.5 Å². The number of thiophene rings is 1. The lowest BCUT2D eigenvalue weighted by molar-refractivity contribution is -0.384. The maximum Gasteiger partial charge on any atom is 0.277 e. The summed E-state index contributed by atoms with van der Waals surface area (Å²) in [5.41, 5.74) is 6.49. The first-order chi connectivity index (χ1) is 26.1. The Morgan fingerprint density at radius 2 is 1.09 bits per heavy atom. The van der Waals surface area contributed by atoms with Gasteiger partial charge in [0.25, 0.3) is 5.69 Å². The van der Waals surface area contributed by atoms with E-state index in [0.29, 0.717) is 34.2 Å². The number of hydrogen-bond donors (Lipinski definition) is 0. The second-order valence-electron chi connectivity index (χ2n) is 12.8. The summed E-state index contributed by atoms with van der Waals surface area (Å²) < 4.78 is 4.69. The molecule has 0 aliphatic rings. The Hall–Kier alpha value is -7.03. The van der Waals surface area contributed by atoms with Crippen molar-refractivity contribution in [2.45, 2.75) is 0 Å². The summed E-state index contributed by atoms with van der Waals surface area (Å²) in [6.45, 7) is 0. The normalized spacial score (nSPS) is 11.5. The quantitative estimate of drug-likeness (QED) is 0.127. The van der Waals surface area contributed by atoms with Crippen molar-refractivity contribution in [3.63, 3.8) is 0 Å². The fourth-order valence-electron chi connectivity index (χ4n) is 7.42. The van der Waals surface area contributed by atoms with Crippen molar-refractivity contribution in [3.8, 4) is 51.0 Å². The third-order valence-corrected chi connectivity index (χ3v) is 10.9. The number of aromatic nitrogens is 4. The Balaban J connectivity index is 1.28. The monoisotopic (exact) mass is 701 g/mol. The van der Waals surface area contributed by atoms with Gasteiger partial charge in [0.15, 0.2) is 17.5 Å². The minimum Gasteiger partial charge on any atom is -0.309 e. The predicted octanol–water partition coefficient (Wildman–Crippen LogP) is 11.9. The lowest BCUT2D eigenvalue weighted by Gasteiger charge is -2.16. The van der Waals surface area contributed by atoms with Crippen LogP contribution in [0.1, 0.15) is 0 Å². The average molecular weight is 702 g/mol. The van der Waals surface area contributed by atoms with Crippen LogP contribution in [0.25, 0.3) is 93.0 Å². The summed E-state index contributed by atoms with van der Waals surface area (Å²) in [7, 11) is 0. The number of nitrogens with zero attached hydrogens (tertiary/aromatic N) is 5. The molecule has 0 unspecified atom stereocenters. The first kappa shape index (κ1) is 30.8. The third kappa shape index (κ3) is 5.07. The van der Waals surface area contributed by atoms with Crippen LogP contribution < -0.4 is 0 Å². The minimum atomic E-state index is -0.317. The van der Waals surface area contributed by atoms with Crippen molar-refractivity contribution < 1.29 is 4.92 Å². The smallest absolute Gasteiger partial charge is 0.277 e. The number of hydrogen-bond acceptors (Lipinski definition) is 6. The molecule has 0 saturated carbocycles. The van der Waals surface area contributed by atoms with Crippen LogP contribution in [0.4, 0.5) is 5.69 Å². The summed E-state index contributed by atoms with van der Waals surface area (Å²) in [5, 5.41) is 17.3. The number of nitro groups is 1. The van der Waals surface area contributed by atoms with E-state index < -0.39 is 0 Å². The van der Waals surface area contributed by atoms with Gasteiger partial charge in [-0.3, -0.25) is 10.1 Å². The van der Waals surface area contributed by atoms with Gasteiger partial charge in [0.1, 0.15) is 0 Å². The standard InChI is InChI=1S/C45H27N5O2S/c51-50(52)37-21-11-7-17-31(37)34-27-30(45-47-43(28-13-3-1-4-14-28)46-44(48-45)29-15-5-2-6-16-29)23-24-36(34)49-35-20-10-8-18-32(35)41-38(49)25-26-40-42(41)33-19-9-12-22-39(33)53-40/h1-27H. The molecule has 0 spiro atoms. The van der Waals surface area contributed by atoms with E-state index >= 15 is 0 Å². The highest BCUT2D eigenvalue weighted by Crippen LogP contribution is 2.45. The Labute approximate surface area is 307 Å². The van der Waals surface area contributed by atoms with E-state index in [9.17, 15) is 10.1 Å². The van der Waals surface area contributed by atoms with Gasteiger partial charge in [-0.25, -0.2) is 15.0 Å². The molecule has 3 heterocycles. The molecule has 0 amide bonds. The van der Waals surface area contributed by atoms with E-state index in [-0.39, 0.29) is 10.6 Å². The van der Waals surface area contributed by atoms with Crippen LogP contribution in [0.3, 0.4) is 0 Å². The number of para-hydroxylation sites is 2. The Morgan fingerprint density at radius 3 is 1.81 bits per heavy atom. The highest BCUT2D eigenvalue weighted by atomic mass is 32.1. The minimum absolute atomic E-state index is 0.0171. The maximum absolute atomic E-state index is 12.6. The van der Waals surface area contributed by atoms with Crippen LogP contribution >= 0.6 is 11.3 Å². The van der Waals surface area contributed by atoms with Gasteiger partial charge in [0, 0.05) is 59.3 Å². The molecule has 0 fully saturated rings. The van der Waals surface area contributed by atoms with Gasteiger partial charge < -0.3 is 4.57 Å². The van der Waals surface area contributed by atoms with E-state index in [2.05, 4.69) is 59.2 Å². The molecule has 0 saturated heterocycles. The van der Waals surface area contributed by atoms with Gasteiger partial charge in [-0.1, -0.05) is 109 Å². The van der Waals surface area contributed by atoms with E-state index in [4.69, 9.17) is 15.0 Å². The molecular formula is C45H27N5O2S. The molecule has 0 N–H and O–H groups in total. The summed E-state index contributed by atoms with van der Waals surface area (Å²) in [6.07, 6.45) is 0. The van der Waals surface area contributed by atoms with Crippen LogP contribution in [-0.4, -0.2) is 24.4 Å². The zero-order chi connectivity index (χ0) is 35.5. The van der Waals surface area contributed by atoms with E-state index in [1.165, 1.54) is 20.2 Å². The number of benzene rings is 7. The summed E-state index contributed by atoms with van der Waals surface area (Å²) in [6, 6.07) is 53.9. The van der Waals surface area contributed by atoms with Crippen LogP contribution in [0, 0.1) is 10.1 Å². The molecule has 53 heavy (non-hydrogen) atoms. The summed E-state index contributed by atoms with van der Waals surface area (Å²) in [5.74, 6) is 1.55. The van der Waals surface area contributed by atoms with Crippen molar-refractivity contribution in [2.24, 2.45) is 0 Å². The van der Waals surface area contributed by atoms with E-state index in [0.717, 1.165) is 38.6 Å². The van der Waals surface area contributed by atoms with Crippen molar-refractivity contribution in [1.29, 1.82) is 0 Å². The van der Waals surface area contributed by atoms with E-state index in [1.807, 2.05) is 97.1 Å². The Kier molecular flexibility index (Phi) is 7.16. The highest BCUT2D eigenvalue weighted by molar-refractivity contribution is 7.26. The molecule has 7 nitrogen and oxygen atoms in total. The average Bonchev–Trinajstić information content (AvgIpc) is 3.77. The van der Waals surface area contributed by atoms with Crippen LogP contribution in [0.5, 0.6) is 0 Å². The van der Waals surface area contributed by atoms with Gasteiger partial charge in [-0.05, 0) is 48.5 Å². The molecule has 8 heteroatoms. The Morgan fingerprint density at radius 1 is 0.491 bits per heavy atom. The molecule has 0 bridgehead atoms. The number of rotatable bonds is 6. The molecule has 10 rings (SSSR count). The number of fused-ring (bicyclic) bond motifs is 7. The van der Waals surface area contributed by atoms with Crippen LogP contribution in [0.15, 0.2) is 164 Å². The molecule has 0 aliphatic carbocycles. The first-order valence-corrected chi connectivity index (χ1v) is 18.0. The van der Waals surface area contributed by atoms with E-state index in [1.54, 1.807) is 23.5 Å². The first-order valence-electron chi connectivity index (χ1n) is 17.2. The van der Waals surface area contributed by atoms with Crippen LogP contribution in [-0.2, 0) is 0 Å². The van der Waals surface area contributed by atoms with Gasteiger partial charge in [-0.15, -0.1) is 11.3 Å². The SMILES string of the molecule is O=[N+]([O-])c1ccccc1-c1cc(-c2nc(-c3ccccc3)nc(-c3ccccc3)n2)ccc1-n1c2ccccc2c2c3c(ccc21)sc1ccccc13. The topological polar surface area (TPSA) is 86.7 Å². The fraction of sp³-hybridized carbons (Fsp3) is 0. The predicted molar refractivity (Wildman–Crippen MR) is 215 cm³/mol. The molecule has 250 valence electrons. The molecule has 10 aromatic rings. The summed E-state index contributed by atoms with van der Waals surface area (Å²) >= 11 is 1.79. The maximum atomic E-state index is 12.6. The lowest BCUT2D eigenvalue weighted by atomic mass is 9.98.